The number of nitrogens with zero attached hydrogens (tertiary/aromatic N) is 2. The predicted molar refractivity (Wildman–Crippen MR) is 149 cm³/mol. The van der Waals surface area contributed by atoms with Crippen LogP contribution in [0.15, 0.2) is 42.5 Å². The molecule has 10 heteroatoms. The first-order chi connectivity index (χ1) is 18.2. The molecule has 0 spiro atoms. The summed E-state index contributed by atoms with van der Waals surface area (Å²) in [7, 11) is 0. The molecule has 5 atom stereocenters. The summed E-state index contributed by atoms with van der Waals surface area (Å²) in [6.07, 6.45) is 1.26. The van der Waals surface area contributed by atoms with E-state index in [0.29, 0.717) is 47.9 Å². The van der Waals surface area contributed by atoms with Crippen LogP contribution in [0.4, 0.5) is 11.4 Å². The highest BCUT2D eigenvalue weighted by Gasteiger charge is 2.52. The number of carbonyl (C=O) groups is 4. The number of imide groups is 1. The number of ether oxygens (including phenoxy) is 2. The van der Waals surface area contributed by atoms with E-state index in [4.69, 9.17) is 9.47 Å². The number of benzene rings is 2. The number of alkyl halides is 2. The molecule has 0 N–H and O–H groups in total. The number of hydrogen-bond donors (Lipinski definition) is 0. The Morgan fingerprint density at radius 1 is 0.947 bits per heavy atom. The quantitative estimate of drug-likeness (QED) is 0.194. The van der Waals surface area contributed by atoms with Crippen molar-refractivity contribution in [3.63, 3.8) is 0 Å². The lowest BCUT2D eigenvalue weighted by Crippen LogP contribution is -2.34. The summed E-state index contributed by atoms with van der Waals surface area (Å²) in [6, 6.07) is 12.1. The van der Waals surface area contributed by atoms with Crippen LogP contribution in [0.5, 0.6) is 11.5 Å². The molecule has 2 aromatic carbocycles. The van der Waals surface area contributed by atoms with E-state index in [2.05, 4.69) is 31.9 Å². The van der Waals surface area contributed by atoms with Gasteiger partial charge in [-0.2, -0.15) is 0 Å². The highest BCUT2D eigenvalue weighted by Crippen LogP contribution is 2.45. The molecule has 2 aliphatic heterocycles. The Kier molecular flexibility index (Phi) is 7.64. The van der Waals surface area contributed by atoms with Gasteiger partial charge < -0.3 is 14.4 Å². The molecule has 1 saturated carbocycles. The van der Waals surface area contributed by atoms with Crippen molar-refractivity contribution in [3.05, 3.63) is 48.0 Å². The predicted octanol–water partition coefficient (Wildman–Crippen LogP) is 4.78. The van der Waals surface area contributed by atoms with Gasteiger partial charge in [-0.15, -0.1) is 0 Å². The maximum absolute atomic E-state index is 13.2. The Bertz CT molecular complexity index is 1250. The molecule has 0 aromatic heterocycles. The number of halogens is 2. The van der Waals surface area contributed by atoms with E-state index >= 15 is 0 Å². The molecule has 200 valence electrons. The molecule has 3 amide bonds. The first-order valence-electron chi connectivity index (χ1n) is 12.7. The summed E-state index contributed by atoms with van der Waals surface area (Å²) in [5.74, 6) is -1.27. The maximum Gasteiger partial charge on any atom is 0.316 e. The van der Waals surface area contributed by atoms with Crippen molar-refractivity contribution in [2.45, 2.75) is 42.8 Å². The second-order valence-corrected chi connectivity index (χ2v) is 12.3. The summed E-state index contributed by atoms with van der Waals surface area (Å²) >= 11 is 7.22. The first-order valence-corrected chi connectivity index (χ1v) is 14.5. The van der Waals surface area contributed by atoms with Gasteiger partial charge in [-0.25, -0.2) is 4.90 Å². The zero-order chi connectivity index (χ0) is 27.1. The number of carbonyl (C=O) groups excluding carboxylic acids is 4. The van der Waals surface area contributed by atoms with Crippen LogP contribution in [0.25, 0.3) is 0 Å². The largest absolute Gasteiger partial charge is 0.494 e. The van der Waals surface area contributed by atoms with Crippen LogP contribution >= 0.6 is 31.9 Å². The molecule has 38 heavy (non-hydrogen) atoms. The second-order valence-electron chi connectivity index (χ2n) is 9.93. The van der Waals surface area contributed by atoms with E-state index in [1.165, 1.54) is 4.90 Å². The summed E-state index contributed by atoms with van der Waals surface area (Å²) < 4.78 is 11.1. The fraction of sp³-hybridized carbons (Fsp3) is 0.429. The summed E-state index contributed by atoms with van der Waals surface area (Å²) in [5, 5.41) is 0. The fourth-order valence-corrected chi connectivity index (χ4v) is 6.72. The van der Waals surface area contributed by atoms with E-state index in [1.807, 2.05) is 6.92 Å². The number of hydrogen-bond acceptors (Lipinski definition) is 6. The summed E-state index contributed by atoms with van der Waals surface area (Å²) in [6.45, 7) is 4.46. The van der Waals surface area contributed by atoms with Gasteiger partial charge in [-0.3, -0.25) is 19.2 Å². The summed E-state index contributed by atoms with van der Waals surface area (Å²) in [4.78, 5) is 55.0. The van der Waals surface area contributed by atoms with Crippen molar-refractivity contribution >= 4 is 66.9 Å². The van der Waals surface area contributed by atoms with Gasteiger partial charge in [0.05, 0.1) is 30.0 Å². The first kappa shape index (κ1) is 26.9. The Morgan fingerprint density at radius 2 is 1.55 bits per heavy atom. The van der Waals surface area contributed by atoms with E-state index in [0.717, 1.165) is 0 Å². The number of esters is 1. The third-order valence-electron chi connectivity index (χ3n) is 7.46. The molecule has 5 rings (SSSR count). The van der Waals surface area contributed by atoms with Crippen molar-refractivity contribution in [2.24, 2.45) is 17.8 Å². The fourth-order valence-electron chi connectivity index (χ4n) is 5.48. The highest BCUT2D eigenvalue weighted by atomic mass is 79.9. The van der Waals surface area contributed by atoms with Crippen molar-refractivity contribution in [1.82, 2.24) is 0 Å². The van der Waals surface area contributed by atoms with Gasteiger partial charge in [0.1, 0.15) is 11.5 Å². The maximum atomic E-state index is 13.2. The van der Waals surface area contributed by atoms with Crippen LogP contribution < -0.4 is 19.3 Å². The Labute approximate surface area is 237 Å². The lowest BCUT2D eigenvalue weighted by molar-refractivity contribution is -0.139. The standard InChI is InChI=1S/C28H28Br2N2O6/c1-3-37-18-6-4-17(5-7-18)31-14-16(11-25(31)33)28(36)38-19-8-9-24(15(2)10-19)32-26(34)20-12-22(29)23(30)13-21(20)27(32)35/h4-10,16,20-23H,3,11-14H2,1-2H3/t16-,20-,21-,22+,23+/m1/s1. The Morgan fingerprint density at radius 3 is 2.13 bits per heavy atom. The Hall–Kier alpha value is -2.72. The zero-order valence-corrected chi connectivity index (χ0v) is 24.2. The van der Waals surface area contributed by atoms with E-state index in [-0.39, 0.29) is 52.2 Å². The van der Waals surface area contributed by atoms with Crippen LogP contribution in [-0.4, -0.2) is 46.5 Å². The van der Waals surface area contributed by atoms with Gasteiger partial charge in [0.2, 0.25) is 17.7 Å². The lowest BCUT2D eigenvalue weighted by Gasteiger charge is -2.29. The van der Waals surface area contributed by atoms with E-state index < -0.39 is 11.9 Å². The minimum atomic E-state index is -0.603. The molecule has 3 fully saturated rings. The third-order valence-corrected chi connectivity index (χ3v) is 10.2. The molecule has 0 unspecified atom stereocenters. The van der Waals surface area contributed by atoms with Crippen LogP contribution in [0, 0.1) is 24.7 Å². The molecular weight excluding hydrogens is 620 g/mol. The summed E-state index contributed by atoms with van der Waals surface area (Å²) in [5.41, 5.74) is 1.86. The van der Waals surface area contributed by atoms with E-state index in [1.54, 1.807) is 54.3 Å². The highest BCUT2D eigenvalue weighted by molar-refractivity contribution is 9.12. The lowest BCUT2D eigenvalue weighted by atomic mass is 9.81. The SMILES string of the molecule is CCOc1ccc(N2C[C@H](C(=O)Oc3ccc(N4C(=O)[C@@H]5C[C@H](Br)[C@@H](Br)C[C@H]5C4=O)c(C)c3)CC2=O)cc1. The van der Waals surface area contributed by atoms with Gasteiger partial charge in [0.25, 0.3) is 0 Å². The number of anilines is 2. The van der Waals surface area contributed by atoms with Crippen LogP contribution in [0.3, 0.4) is 0 Å². The third kappa shape index (κ3) is 5.00. The van der Waals surface area contributed by atoms with Gasteiger partial charge in [0.15, 0.2) is 0 Å². The molecule has 2 aromatic rings. The van der Waals surface area contributed by atoms with Crippen LogP contribution in [0.2, 0.25) is 0 Å². The molecule has 0 radical (unpaired) electrons. The number of rotatable bonds is 6. The molecule has 1 aliphatic carbocycles. The molecule has 2 heterocycles. The van der Waals surface area contributed by atoms with Crippen LogP contribution in [0.1, 0.15) is 31.7 Å². The van der Waals surface area contributed by atoms with Crippen molar-refractivity contribution in [3.8, 4) is 11.5 Å². The number of aryl methyl sites for hydroxylation is 1. The average Bonchev–Trinajstić information content (AvgIpc) is 3.38. The van der Waals surface area contributed by atoms with E-state index in [9.17, 15) is 19.2 Å². The zero-order valence-electron chi connectivity index (χ0n) is 21.1. The minimum Gasteiger partial charge on any atom is -0.494 e. The molecule has 0 bridgehead atoms. The normalized spacial score (nSPS) is 27.1. The van der Waals surface area contributed by atoms with Crippen molar-refractivity contribution in [2.75, 3.05) is 23.0 Å². The molecule has 2 saturated heterocycles. The average molecular weight is 648 g/mol. The topological polar surface area (TPSA) is 93.2 Å². The molecule has 3 aliphatic rings. The van der Waals surface area contributed by atoms with Gasteiger partial charge in [-0.1, -0.05) is 31.9 Å². The number of amides is 3. The Balaban J connectivity index is 1.25. The minimum absolute atomic E-state index is 0.0613. The smallest absolute Gasteiger partial charge is 0.316 e. The van der Waals surface area contributed by atoms with Gasteiger partial charge in [0, 0.05) is 28.3 Å². The van der Waals surface area contributed by atoms with Gasteiger partial charge >= 0.3 is 5.97 Å². The monoisotopic (exact) mass is 646 g/mol. The second kappa shape index (κ2) is 10.8. The molecule has 8 nitrogen and oxygen atoms in total. The van der Waals surface area contributed by atoms with Crippen molar-refractivity contribution < 1.29 is 28.7 Å². The van der Waals surface area contributed by atoms with Crippen molar-refractivity contribution in [1.29, 1.82) is 0 Å². The molecular formula is C28H28Br2N2O6. The van der Waals surface area contributed by atoms with Crippen LogP contribution in [-0.2, 0) is 19.2 Å². The van der Waals surface area contributed by atoms with Gasteiger partial charge in [-0.05, 0) is 74.7 Å². The number of fused-ring (bicyclic) bond motifs is 1.